The summed E-state index contributed by atoms with van der Waals surface area (Å²) in [4.78, 5) is 34.0. The Morgan fingerprint density at radius 3 is 2.30 bits per heavy atom. The number of rotatable bonds is 4. The summed E-state index contributed by atoms with van der Waals surface area (Å²) in [5.74, 6) is -0.810. The molecule has 0 aromatic carbocycles. The number of amides is 3. The molecule has 0 aromatic heterocycles. The van der Waals surface area contributed by atoms with Crippen molar-refractivity contribution >= 4 is 17.9 Å². The normalized spacial score (nSPS) is 22.9. The third-order valence-corrected chi connectivity index (χ3v) is 4.01. The Hall–Kier alpha value is -1.85. The zero-order valence-electron chi connectivity index (χ0n) is 12.2. The highest BCUT2D eigenvalue weighted by molar-refractivity contribution is 6.07. The maximum absolute atomic E-state index is 11.7. The minimum Gasteiger partial charge on any atom is -0.478 e. The van der Waals surface area contributed by atoms with Gasteiger partial charge in [0.1, 0.15) is 0 Å². The summed E-state index contributed by atoms with van der Waals surface area (Å²) < 4.78 is 0. The van der Waals surface area contributed by atoms with Crippen molar-refractivity contribution in [3.63, 3.8) is 0 Å². The number of imide groups is 1. The van der Waals surface area contributed by atoms with E-state index < -0.39 is 17.9 Å². The Kier molecular flexibility index (Phi) is 5.73. The number of hydrogen-bond donors (Lipinski definition) is 3. The maximum atomic E-state index is 11.7. The van der Waals surface area contributed by atoms with Crippen LogP contribution in [0.5, 0.6) is 0 Å². The van der Waals surface area contributed by atoms with Gasteiger partial charge in [-0.2, -0.15) is 0 Å². The van der Waals surface area contributed by atoms with Crippen molar-refractivity contribution in [1.82, 2.24) is 10.6 Å². The minimum absolute atomic E-state index is 0.0295. The molecule has 20 heavy (non-hydrogen) atoms. The number of carboxylic acids is 1. The number of aliphatic carboxylic acids is 1. The van der Waals surface area contributed by atoms with Crippen LogP contribution in [-0.2, 0) is 9.59 Å². The van der Waals surface area contributed by atoms with E-state index >= 15 is 0 Å². The molecule has 0 saturated heterocycles. The van der Waals surface area contributed by atoms with Crippen LogP contribution in [0, 0.1) is 11.8 Å². The van der Waals surface area contributed by atoms with E-state index in [1.165, 1.54) is 26.7 Å². The van der Waals surface area contributed by atoms with Crippen molar-refractivity contribution in [2.45, 2.75) is 40.0 Å². The second-order valence-electron chi connectivity index (χ2n) is 5.39. The molecule has 0 spiro atoms. The lowest BCUT2D eigenvalue weighted by molar-refractivity contribution is -0.133. The van der Waals surface area contributed by atoms with Gasteiger partial charge in [-0.1, -0.05) is 19.8 Å². The zero-order chi connectivity index (χ0) is 15.3. The molecule has 1 aliphatic rings. The van der Waals surface area contributed by atoms with Gasteiger partial charge in [0.25, 0.3) is 5.91 Å². The van der Waals surface area contributed by atoms with E-state index in [9.17, 15) is 14.4 Å². The number of carboxylic acid groups (broad SMARTS) is 1. The largest absolute Gasteiger partial charge is 0.478 e. The van der Waals surface area contributed by atoms with Crippen LogP contribution < -0.4 is 10.6 Å². The third kappa shape index (κ3) is 4.36. The number of hydrogen-bond acceptors (Lipinski definition) is 3. The maximum Gasteiger partial charge on any atom is 0.331 e. The first kappa shape index (κ1) is 16.2. The molecule has 6 heteroatoms. The molecular formula is C14H22N2O4. The molecule has 1 fully saturated rings. The minimum atomic E-state index is -1.17. The summed E-state index contributed by atoms with van der Waals surface area (Å²) in [6.07, 6.45) is 3.44. The second-order valence-corrected chi connectivity index (χ2v) is 5.39. The standard InChI is InChI=1S/C14H22N2O4/c1-8-5-4-6-11(8)7-15-14(20)16-12(17)9(2)10(3)13(18)19/h8,11H,4-7H2,1-3H3,(H,18,19)(H2,15,16,17,20). The van der Waals surface area contributed by atoms with Crippen LogP contribution >= 0.6 is 0 Å². The Bertz CT molecular complexity index is 442. The highest BCUT2D eigenvalue weighted by Gasteiger charge is 2.24. The van der Waals surface area contributed by atoms with E-state index in [-0.39, 0.29) is 11.1 Å². The zero-order valence-corrected chi connectivity index (χ0v) is 12.2. The van der Waals surface area contributed by atoms with Crippen LogP contribution in [0.4, 0.5) is 4.79 Å². The molecule has 3 N–H and O–H groups in total. The van der Waals surface area contributed by atoms with E-state index in [1.807, 2.05) is 0 Å². The Morgan fingerprint density at radius 1 is 1.15 bits per heavy atom. The molecular weight excluding hydrogens is 260 g/mol. The molecule has 1 aliphatic carbocycles. The van der Waals surface area contributed by atoms with Gasteiger partial charge in [0.15, 0.2) is 0 Å². The SMILES string of the molecule is CC(C(=O)O)=C(C)C(=O)NC(=O)NCC1CCCC1C. The van der Waals surface area contributed by atoms with E-state index in [1.54, 1.807) is 0 Å². The van der Waals surface area contributed by atoms with Gasteiger partial charge in [-0.15, -0.1) is 0 Å². The van der Waals surface area contributed by atoms with Crippen LogP contribution in [0.2, 0.25) is 0 Å². The molecule has 6 nitrogen and oxygen atoms in total. The van der Waals surface area contributed by atoms with Crippen LogP contribution in [0.25, 0.3) is 0 Å². The highest BCUT2D eigenvalue weighted by atomic mass is 16.4. The van der Waals surface area contributed by atoms with Gasteiger partial charge in [-0.25, -0.2) is 9.59 Å². The van der Waals surface area contributed by atoms with Crippen molar-refractivity contribution in [1.29, 1.82) is 0 Å². The van der Waals surface area contributed by atoms with Gasteiger partial charge >= 0.3 is 12.0 Å². The molecule has 112 valence electrons. The monoisotopic (exact) mass is 282 g/mol. The quantitative estimate of drug-likeness (QED) is 0.683. The fraction of sp³-hybridized carbons (Fsp3) is 0.643. The summed E-state index contributed by atoms with van der Waals surface area (Å²) in [6.45, 7) is 5.41. The average Bonchev–Trinajstić information content (AvgIpc) is 2.79. The van der Waals surface area contributed by atoms with Crippen molar-refractivity contribution < 1.29 is 19.5 Å². The van der Waals surface area contributed by atoms with Crippen LogP contribution in [0.15, 0.2) is 11.1 Å². The molecule has 0 aliphatic heterocycles. The van der Waals surface area contributed by atoms with Gasteiger partial charge in [-0.05, 0) is 32.1 Å². The first-order valence-electron chi connectivity index (χ1n) is 6.82. The van der Waals surface area contributed by atoms with Gasteiger partial charge in [-0.3, -0.25) is 10.1 Å². The molecule has 2 atom stereocenters. The lowest BCUT2D eigenvalue weighted by Crippen LogP contribution is -2.42. The summed E-state index contributed by atoms with van der Waals surface area (Å²) in [7, 11) is 0. The van der Waals surface area contributed by atoms with Crippen LogP contribution in [0.3, 0.4) is 0 Å². The molecule has 0 bridgehead atoms. The summed E-state index contributed by atoms with van der Waals surface area (Å²) >= 11 is 0. The highest BCUT2D eigenvalue weighted by Crippen LogP contribution is 2.30. The number of carbonyl (C=O) groups excluding carboxylic acids is 2. The molecule has 0 heterocycles. The van der Waals surface area contributed by atoms with E-state index in [0.717, 1.165) is 6.42 Å². The van der Waals surface area contributed by atoms with Gasteiger partial charge < -0.3 is 10.4 Å². The number of nitrogens with one attached hydrogen (secondary N) is 2. The first-order chi connectivity index (χ1) is 9.32. The van der Waals surface area contributed by atoms with Crippen LogP contribution in [-0.4, -0.2) is 29.6 Å². The molecule has 0 radical (unpaired) electrons. The number of carbonyl (C=O) groups is 3. The third-order valence-electron chi connectivity index (χ3n) is 4.01. The Morgan fingerprint density at radius 2 is 1.80 bits per heavy atom. The van der Waals surface area contributed by atoms with E-state index in [4.69, 9.17) is 5.11 Å². The van der Waals surface area contributed by atoms with E-state index in [2.05, 4.69) is 17.6 Å². The summed E-state index contributed by atoms with van der Waals surface area (Å²) in [6, 6.07) is -0.577. The van der Waals surface area contributed by atoms with Gasteiger partial charge in [0, 0.05) is 17.7 Å². The smallest absolute Gasteiger partial charge is 0.331 e. The Labute approximate surface area is 118 Å². The first-order valence-corrected chi connectivity index (χ1v) is 6.82. The molecule has 2 unspecified atom stereocenters. The lowest BCUT2D eigenvalue weighted by Gasteiger charge is -2.16. The fourth-order valence-electron chi connectivity index (χ4n) is 2.32. The Balaban J connectivity index is 2.44. The molecule has 3 amide bonds. The molecule has 1 rings (SSSR count). The summed E-state index contributed by atoms with van der Waals surface area (Å²) in [5.41, 5.74) is -0.0402. The predicted molar refractivity (Wildman–Crippen MR) is 74.1 cm³/mol. The second kappa shape index (κ2) is 7.07. The molecule has 0 aromatic rings. The topological polar surface area (TPSA) is 95.5 Å². The number of urea groups is 1. The van der Waals surface area contributed by atoms with E-state index in [0.29, 0.717) is 18.4 Å². The average molecular weight is 282 g/mol. The van der Waals surface area contributed by atoms with Crippen molar-refractivity contribution in [2.24, 2.45) is 11.8 Å². The van der Waals surface area contributed by atoms with Crippen molar-refractivity contribution in [2.75, 3.05) is 6.54 Å². The molecule has 1 saturated carbocycles. The van der Waals surface area contributed by atoms with Gasteiger partial charge in [0.05, 0.1) is 0 Å². The van der Waals surface area contributed by atoms with Crippen molar-refractivity contribution in [3.8, 4) is 0 Å². The lowest BCUT2D eigenvalue weighted by atomic mass is 9.98. The summed E-state index contributed by atoms with van der Waals surface area (Å²) in [5, 5.41) is 13.6. The van der Waals surface area contributed by atoms with Gasteiger partial charge in [0.2, 0.25) is 0 Å². The predicted octanol–water partition coefficient (Wildman–Crippen LogP) is 1.67. The van der Waals surface area contributed by atoms with Crippen LogP contribution in [0.1, 0.15) is 40.0 Å². The van der Waals surface area contributed by atoms with Crippen molar-refractivity contribution in [3.05, 3.63) is 11.1 Å². The fourth-order valence-corrected chi connectivity index (χ4v) is 2.32.